The molecule has 3 aromatic rings. The SMILES string of the molecule is Oc1ncc(C(F)(F)F)cc1N1CCN(CC(O)COc2ccc3cc(Cl)ccc3c2)CC1. The fraction of sp³-hybridized carbons (Fsp3) is 0.348. The van der Waals surface area contributed by atoms with E-state index < -0.39 is 23.7 Å². The molecule has 0 spiro atoms. The van der Waals surface area contributed by atoms with Gasteiger partial charge in [0, 0.05) is 43.9 Å². The zero-order valence-electron chi connectivity index (χ0n) is 17.6. The standard InChI is InChI=1S/C23H23ClF3N3O3/c24-18-3-1-16-10-20(4-2-15(16)9-18)33-14-19(31)13-29-5-7-30(8-6-29)21-11-17(23(25,26)27)12-28-22(21)32/h1-4,9-12,19,31H,5-8,13-14H2,(H,28,32). The predicted molar refractivity (Wildman–Crippen MR) is 120 cm³/mol. The Bertz CT molecular complexity index is 1120. The lowest BCUT2D eigenvalue weighted by molar-refractivity contribution is -0.137. The van der Waals surface area contributed by atoms with Crippen molar-refractivity contribution in [2.75, 3.05) is 44.2 Å². The molecular weight excluding hydrogens is 459 g/mol. The van der Waals surface area contributed by atoms with Gasteiger partial charge in [0.25, 0.3) is 0 Å². The van der Waals surface area contributed by atoms with E-state index in [1.165, 1.54) is 0 Å². The molecule has 2 N–H and O–H groups in total. The third-order valence-corrected chi connectivity index (χ3v) is 5.81. The van der Waals surface area contributed by atoms with Crippen LogP contribution in [0.2, 0.25) is 5.02 Å². The number of ether oxygens (including phenoxy) is 1. The van der Waals surface area contributed by atoms with Crippen molar-refractivity contribution in [3.63, 3.8) is 0 Å². The molecule has 0 aliphatic carbocycles. The van der Waals surface area contributed by atoms with Crippen LogP contribution < -0.4 is 9.64 Å². The van der Waals surface area contributed by atoms with Gasteiger partial charge in [0.1, 0.15) is 24.1 Å². The summed E-state index contributed by atoms with van der Waals surface area (Å²) in [6.45, 7) is 2.31. The Morgan fingerprint density at radius 1 is 1.03 bits per heavy atom. The summed E-state index contributed by atoms with van der Waals surface area (Å²) >= 11 is 6.00. The van der Waals surface area contributed by atoms with Crippen LogP contribution in [0, 0.1) is 0 Å². The summed E-state index contributed by atoms with van der Waals surface area (Å²) in [7, 11) is 0. The topological polar surface area (TPSA) is 69.1 Å². The number of halogens is 4. The van der Waals surface area contributed by atoms with Gasteiger partial charge in [-0.15, -0.1) is 0 Å². The number of anilines is 1. The van der Waals surface area contributed by atoms with E-state index in [1.54, 1.807) is 11.0 Å². The van der Waals surface area contributed by atoms with Gasteiger partial charge in [-0.25, -0.2) is 4.98 Å². The van der Waals surface area contributed by atoms with Crippen molar-refractivity contribution in [2.45, 2.75) is 12.3 Å². The van der Waals surface area contributed by atoms with Crippen LogP contribution in [0.25, 0.3) is 10.8 Å². The highest BCUT2D eigenvalue weighted by Crippen LogP contribution is 2.35. The van der Waals surface area contributed by atoms with Gasteiger partial charge in [-0.05, 0) is 41.1 Å². The molecule has 0 radical (unpaired) electrons. The van der Waals surface area contributed by atoms with E-state index in [2.05, 4.69) is 4.98 Å². The molecule has 1 aliphatic heterocycles. The molecule has 176 valence electrons. The fourth-order valence-electron chi connectivity index (χ4n) is 3.83. The van der Waals surface area contributed by atoms with Crippen LogP contribution in [0.4, 0.5) is 18.9 Å². The van der Waals surface area contributed by atoms with Crippen LogP contribution in [0.15, 0.2) is 48.7 Å². The lowest BCUT2D eigenvalue weighted by Crippen LogP contribution is -2.49. The first-order valence-corrected chi connectivity index (χ1v) is 10.8. The summed E-state index contributed by atoms with van der Waals surface area (Å²) in [4.78, 5) is 7.15. The molecule has 0 amide bonds. The number of aromatic hydroxyl groups is 1. The van der Waals surface area contributed by atoms with Crippen LogP contribution in [-0.4, -0.2) is 65.5 Å². The molecule has 10 heteroatoms. The largest absolute Gasteiger partial charge is 0.492 e. The van der Waals surface area contributed by atoms with Gasteiger partial charge < -0.3 is 19.8 Å². The number of hydrogen-bond donors (Lipinski definition) is 2. The molecule has 0 bridgehead atoms. The molecule has 0 saturated carbocycles. The van der Waals surface area contributed by atoms with E-state index >= 15 is 0 Å². The summed E-state index contributed by atoms with van der Waals surface area (Å²) in [5, 5.41) is 23.0. The zero-order valence-corrected chi connectivity index (χ0v) is 18.4. The Kier molecular flexibility index (Phi) is 6.83. The van der Waals surface area contributed by atoms with Crippen LogP contribution in [0.5, 0.6) is 11.6 Å². The molecule has 2 heterocycles. The average molecular weight is 482 g/mol. The van der Waals surface area contributed by atoms with Crippen molar-refractivity contribution >= 4 is 28.1 Å². The number of benzene rings is 2. The first kappa shape index (κ1) is 23.4. The number of β-amino-alcohol motifs (C(OH)–C–C–N with tert-alkyl or cyclic N) is 1. The summed E-state index contributed by atoms with van der Waals surface area (Å²) in [5.74, 6) is 0.212. The zero-order chi connectivity index (χ0) is 23.6. The summed E-state index contributed by atoms with van der Waals surface area (Å²) < 4.78 is 44.6. The number of fused-ring (bicyclic) bond motifs is 1. The Balaban J connectivity index is 1.28. The summed E-state index contributed by atoms with van der Waals surface area (Å²) in [5.41, 5.74) is -0.840. The number of rotatable bonds is 6. The van der Waals surface area contributed by atoms with E-state index in [0.29, 0.717) is 49.7 Å². The summed E-state index contributed by atoms with van der Waals surface area (Å²) in [6, 6.07) is 12.1. The molecule has 6 nitrogen and oxygen atoms in total. The van der Waals surface area contributed by atoms with Crippen molar-refractivity contribution in [2.24, 2.45) is 0 Å². The van der Waals surface area contributed by atoms with Gasteiger partial charge in [-0.3, -0.25) is 4.90 Å². The van der Waals surface area contributed by atoms with Crippen molar-refractivity contribution in [1.82, 2.24) is 9.88 Å². The minimum atomic E-state index is -4.53. The Morgan fingerprint density at radius 2 is 1.73 bits per heavy atom. The molecule has 1 atom stereocenters. The van der Waals surface area contributed by atoms with Gasteiger partial charge in [0.15, 0.2) is 0 Å². The van der Waals surface area contributed by atoms with Gasteiger partial charge in [-0.2, -0.15) is 13.2 Å². The molecule has 1 saturated heterocycles. The van der Waals surface area contributed by atoms with Crippen LogP contribution >= 0.6 is 11.6 Å². The number of alkyl halides is 3. The van der Waals surface area contributed by atoms with Crippen LogP contribution in [0.3, 0.4) is 0 Å². The second-order valence-electron chi connectivity index (χ2n) is 7.97. The van der Waals surface area contributed by atoms with E-state index in [4.69, 9.17) is 16.3 Å². The Hall–Kier alpha value is -2.75. The van der Waals surface area contributed by atoms with E-state index in [1.807, 2.05) is 35.2 Å². The van der Waals surface area contributed by atoms with Crippen molar-refractivity contribution < 1.29 is 28.1 Å². The lowest BCUT2D eigenvalue weighted by Gasteiger charge is -2.37. The maximum absolute atomic E-state index is 13.0. The number of piperazine rings is 1. The first-order chi connectivity index (χ1) is 15.7. The molecule has 1 fully saturated rings. The third-order valence-electron chi connectivity index (χ3n) is 5.57. The minimum Gasteiger partial charge on any atom is -0.492 e. The smallest absolute Gasteiger partial charge is 0.417 e. The van der Waals surface area contributed by atoms with E-state index in [0.717, 1.165) is 16.8 Å². The Morgan fingerprint density at radius 3 is 2.45 bits per heavy atom. The minimum absolute atomic E-state index is 0.0611. The number of aromatic nitrogens is 1. The normalized spacial score (nSPS) is 16.2. The lowest BCUT2D eigenvalue weighted by atomic mass is 10.1. The Labute approximate surface area is 193 Å². The maximum atomic E-state index is 13.0. The molecule has 1 aromatic heterocycles. The van der Waals surface area contributed by atoms with E-state index in [9.17, 15) is 23.4 Å². The highest BCUT2D eigenvalue weighted by atomic mass is 35.5. The van der Waals surface area contributed by atoms with E-state index in [-0.39, 0.29) is 12.3 Å². The van der Waals surface area contributed by atoms with Crippen LogP contribution in [0.1, 0.15) is 5.56 Å². The highest BCUT2D eigenvalue weighted by Gasteiger charge is 2.33. The third kappa shape index (κ3) is 5.79. The van der Waals surface area contributed by atoms with Gasteiger partial charge in [0.05, 0.1) is 5.56 Å². The quantitative estimate of drug-likeness (QED) is 0.550. The molecule has 4 rings (SSSR count). The molecule has 33 heavy (non-hydrogen) atoms. The number of hydrogen-bond acceptors (Lipinski definition) is 6. The predicted octanol–water partition coefficient (Wildman–Crippen LogP) is 4.17. The first-order valence-electron chi connectivity index (χ1n) is 10.4. The van der Waals surface area contributed by atoms with Crippen molar-refractivity contribution in [3.8, 4) is 11.6 Å². The molecule has 1 aliphatic rings. The van der Waals surface area contributed by atoms with Gasteiger partial charge >= 0.3 is 6.18 Å². The molecule has 2 aromatic carbocycles. The average Bonchev–Trinajstić information content (AvgIpc) is 2.78. The number of pyridine rings is 1. The highest BCUT2D eigenvalue weighted by molar-refractivity contribution is 6.31. The number of aliphatic hydroxyl groups is 1. The second-order valence-corrected chi connectivity index (χ2v) is 8.41. The van der Waals surface area contributed by atoms with Crippen molar-refractivity contribution in [1.29, 1.82) is 0 Å². The summed E-state index contributed by atoms with van der Waals surface area (Å²) in [6.07, 6.45) is -4.64. The number of nitrogens with zero attached hydrogens (tertiary/aromatic N) is 3. The monoisotopic (exact) mass is 481 g/mol. The second kappa shape index (κ2) is 9.62. The molecular formula is C23H23ClF3N3O3. The van der Waals surface area contributed by atoms with Gasteiger partial charge in [0.2, 0.25) is 5.88 Å². The van der Waals surface area contributed by atoms with Crippen LogP contribution in [-0.2, 0) is 6.18 Å². The fourth-order valence-corrected chi connectivity index (χ4v) is 4.01. The van der Waals surface area contributed by atoms with Crippen molar-refractivity contribution in [3.05, 3.63) is 59.2 Å². The van der Waals surface area contributed by atoms with Gasteiger partial charge in [-0.1, -0.05) is 23.7 Å². The molecule has 1 unspecified atom stereocenters. The number of aliphatic hydroxyl groups excluding tert-OH is 1. The maximum Gasteiger partial charge on any atom is 0.417 e.